The molecule has 0 fully saturated rings. The van der Waals surface area contributed by atoms with E-state index < -0.39 is 0 Å². The summed E-state index contributed by atoms with van der Waals surface area (Å²) in [4.78, 5) is 23.6. The third kappa shape index (κ3) is 5.02. The molecule has 2 rings (SSSR count). The molecule has 1 heterocycles. The molecule has 116 valence electrons. The highest BCUT2D eigenvalue weighted by Gasteiger charge is 2.16. The highest BCUT2D eigenvalue weighted by molar-refractivity contribution is 5.96. The van der Waals surface area contributed by atoms with Crippen LogP contribution in [0.25, 0.3) is 0 Å². The molecular formula is C15H22ClN3O2. The van der Waals surface area contributed by atoms with Crippen LogP contribution >= 0.6 is 12.4 Å². The lowest BCUT2D eigenvalue weighted by Crippen LogP contribution is -2.45. The molecule has 1 aliphatic heterocycles. The Balaban J connectivity index is 0.00000220. The zero-order chi connectivity index (χ0) is 14.8. The van der Waals surface area contributed by atoms with E-state index in [0.717, 1.165) is 18.7 Å². The van der Waals surface area contributed by atoms with Crippen molar-refractivity contribution in [3.63, 3.8) is 0 Å². The van der Waals surface area contributed by atoms with E-state index in [1.807, 2.05) is 32.9 Å². The Bertz CT molecular complexity index is 538. The fraction of sp³-hybridized carbons (Fsp3) is 0.467. The van der Waals surface area contributed by atoms with Gasteiger partial charge >= 0.3 is 0 Å². The minimum atomic E-state index is -0.291. The summed E-state index contributed by atoms with van der Waals surface area (Å²) in [7, 11) is 0. The molecule has 1 aromatic carbocycles. The van der Waals surface area contributed by atoms with E-state index in [2.05, 4.69) is 16.0 Å². The van der Waals surface area contributed by atoms with Crippen LogP contribution in [0, 0.1) is 0 Å². The van der Waals surface area contributed by atoms with Crippen LogP contribution in [0.2, 0.25) is 0 Å². The van der Waals surface area contributed by atoms with Crippen LogP contribution < -0.4 is 16.0 Å². The molecule has 21 heavy (non-hydrogen) atoms. The van der Waals surface area contributed by atoms with E-state index in [1.165, 1.54) is 5.56 Å². The number of fused-ring (bicyclic) bond motifs is 1. The van der Waals surface area contributed by atoms with Gasteiger partial charge in [-0.05, 0) is 44.0 Å². The van der Waals surface area contributed by atoms with Gasteiger partial charge in [0, 0.05) is 24.2 Å². The van der Waals surface area contributed by atoms with E-state index in [1.54, 1.807) is 6.07 Å². The van der Waals surface area contributed by atoms with Gasteiger partial charge in [-0.1, -0.05) is 6.07 Å². The number of hydrogen-bond donors (Lipinski definition) is 3. The number of halogens is 1. The molecule has 1 aromatic rings. The van der Waals surface area contributed by atoms with Gasteiger partial charge in [0.2, 0.25) is 5.91 Å². The first-order valence-corrected chi connectivity index (χ1v) is 6.77. The predicted octanol–water partition coefficient (Wildman–Crippen LogP) is 1.36. The number of carbonyl (C=O) groups excluding carboxylic acids is 2. The fourth-order valence-corrected chi connectivity index (χ4v) is 2.16. The summed E-state index contributed by atoms with van der Waals surface area (Å²) in [5.41, 5.74) is 2.68. The number of carbonyl (C=O) groups is 2. The molecule has 0 aliphatic carbocycles. The van der Waals surface area contributed by atoms with E-state index in [-0.39, 0.29) is 36.3 Å². The minimum absolute atomic E-state index is 0. The average Bonchev–Trinajstić information content (AvgIpc) is 2.80. The van der Waals surface area contributed by atoms with Gasteiger partial charge in [0.15, 0.2) is 0 Å². The van der Waals surface area contributed by atoms with Crippen molar-refractivity contribution in [1.82, 2.24) is 16.0 Å². The summed E-state index contributed by atoms with van der Waals surface area (Å²) in [5.74, 6) is -0.405. The van der Waals surface area contributed by atoms with E-state index in [0.29, 0.717) is 5.56 Å². The maximum atomic E-state index is 12.0. The summed E-state index contributed by atoms with van der Waals surface area (Å²) >= 11 is 0. The zero-order valence-corrected chi connectivity index (χ0v) is 13.4. The van der Waals surface area contributed by atoms with Crippen molar-refractivity contribution in [2.45, 2.75) is 39.4 Å². The van der Waals surface area contributed by atoms with E-state index in [4.69, 9.17) is 0 Å². The van der Waals surface area contributed by atoms with Crippen molar-refractivity contribution in [2.75, 3.05) is 6.54 Å². The van der Waals surface area contributed by atoms with Crippen molar-refractivity contribution in [2.24, 2.45) is 0 Å². The molecule has 2 amide bonds. The SMILES string of the molecule is CC(C)(C)NC(=O)CNC(=O)c1ccc2c(c1)CNC2.Cl. The van der Waals surface area contributed by atoms with Gasteiger partial charge in [0.1, 0.15) is 0 Å². The number of benzene rings is 1. The van der Waals surface area contributed by atoms with Crippen molar-refractivity contribution in [3.8, 4) is 0 Å². The second-order valence-electron chi connectivity index (χ2n) is 6.07. The van der Waals surface area contributed by atoms with Crippen LogP contribution in [0.3, 0.4) is 0 Å². The lowest BCUT2D eigenvalue weighted by molar-refractivity contribution is -0.121. The normalized spacial score (nSPS) is 13.1. The quantitative estimate of drug-likeness (QED) is 0.789. The summed E-state index contributed by atoms with van der Waals surface area (Å²) in [6, 6.07) is 5.63. The lowest BCUT2D eigenvalue weighted by atomic mass is 10.1. The molecule has 1 aliphatic rings. The Hall–Kier alpha value is -1.59. The van der Waals surface area contributed by atoms with Crippen LogP contribution in [0.15, 0.2) is 18.2 Å². The van der Waals surface area contributed by atoms with Crippen molar-refractivity contribution in [3.05, 3.63) is 34.9 Å². The van der Waals surface area contributed by atoms with Gasteiger partial charge in [-0.2, -0.15) is 0 Å². The molecule has 0 saturated heterocycles. The lowest BCUT2D eigenvalue weighted by Gasteiger charge is -2.20. The van der Waals surface area contributed by atoms with Gasteiger partial charge in [0.25, 0.3) is 5.91 Å². The first-order chi connectivity index (χ1) is 9.35. The maximum Gasteiger partial charge on any atom is 0.251 e. The number of rotatable bonds is 3. The summed E-state index contributed by atoms with van der Waals surface area (Å²) < 4.78 is 0. The van der Waals surface area contributed by atoms with Crippen LogP contribution in [0.1, 0.15) is 42.3 Å². The molecule has 0 bridgehead atoms. The highest BCUT2D eigenvalue weighted by atomic mass is 35.5. The number of amides is 2. The largest absolute Gasteiger partial charge is 0.350 e. The van der Waals surface area contributed by atoms with Gasteiger partial charge in [0.05, 0.1) is 6.54 Å². The third-order valence-electron chi connectivity index (χ3n) is 3.02. The second kappa shape index (κ2) is 6.91. The Morgan fingerprint density at radius 1 is 1.19 bits per heavy atom. The third-order valence-corrected chi connectivity index (χ3v) is 3.02. The monoisotopic (exact) mass is 311 g/mol. The molecule has 0 spiro atoms. The fourth-order valence-electron chi connectivity index (χ4n) is 2.16. The van der Waals surface area contributed by atoms with Crippen molar-refractivity contribution in [1.29, 1.82) is 0 Å². The van der Waals surface area contributed by atoms with Gasteiger partial charge in [-0.25, -0.2) is 0 Å². The van der Waals surface area contributed by atoms with Gasteiger partial charge in [-0.3, -0.25) is 9.59 Å². The van der Waals surface area contributed by atoms with Crippen LogP contribution in [-0.2, 0) is 17.9 Å². The molecule has 3 N–H and O–H groups in total. The molecule has 5 nitrogen and oxygen atoms in total. The Labute approximate surface area is 131 Å². The predicted molar refractivity (Wildman–Crippen MR) is 84.5 cm³/mol. The standard InChI is InChI=1S/C15H21N3O2.ClH/c1-15(2,3)18-13(19)9-17-14(20)10-4-5-11-7-16-8-12(11)6-10;/h4-6,16H,7-9H2,1-3H3,(H,17,20)(H,18,19);1H. The minimum Gasteiger partial charge on any atom is -0.350 e. The summed E-state index contributed by atoms with van der Waals surface area (Å²) in [5, 5.41) is 8.68. The molecule has 0 atom stereocenters. The smallest absolute Gasteiger partial charge is 0.251 e. The average molecular weight is 312 g/mol. The number of hydrogen-bond acceptors (Lipinski definition) is 3. The Morgan fingerprint density at radius 2 is 1.86 bits per heavy atom. The molecule has 6 heteroatoms. The van der Waals surface area contributed by atoms with Crippen LogP contribution in [0.4, 0.5) is 0 Å². The molecule has 0 unspecified atom stereocenters. The Morgan fingerprint density at radius 3 is 2.52 bits per heavy atom. The first-order valence-electron chi connectivity index (χ1n) is 6.77. The summed E-state index contributed by atoms with van der Waals surface area (Å²) in [6.45, 7) is 7.35. The molecule has 0 aromatic heterocycles. The number of nitrogens with one attached hydrogen (secondary N) is 3. The van der Waals surface area contributed by atoms with Crippen molar-refractivity contribution < 1.29 is 9.59 Å². The van der Waals surface area contributed by atoms with E-state index in [9.17, 15) is 9.59 Å². The molecular weight excluding hydrogens is 290 g/mol. The first kappa shape index (κ1) is 17.5. The topological polar surface area (TPSA) is 70.2 Å². The van der Waals surface area contributed by atoms with Crippen LogP contribution in [0.5, 0.6) is 0 Å². The van der Waals surface area contributed by atoms with E-state index >= 15 is 0 Å². The van der Waals surface area contributed by atoms with Gasteiger partial charge < -0.3 is 16.0 Å². The molecule has 0 radical (unpaired) electrons. The van der Waals surface area contributed by atoms with Gasteiger partial charge in [-0.15, -0.1) is 12.4 Å². The molecule has 0 saturated carbocycles. The zero-order valence-electron chi connectivity index (χ0n) is 12.6. The van der Waals surface area contributed by atoms with Crippen molar-refractivity contribution >= 4 is 24.2 Å². The maximum absolute atomic E-state index is 12.0. The van der Waals surface area contributed by atoms with Crippen LogP contribution in [-0.4, -0.2) is 23.9 Å². The highest BCUT2D eigenvalue weighted by Crippen LogP contribution is 2.16. The summed E-state index contributed by atoms with van der Waals surface area (Å²) in [6.07, 6.45) is 0. The Kier molecular flexibility index (Phi) is 5.75. The second-order valence-corrected chi connectivity index (χ2v) is 6.07.